The molecule has 3 heterocycles. The van der Waals surface area contributed by atoms with Crippen LogP contribution in [0.4, 0.5) is 24.0 Å². The molecule has 0 aliphatic carbocycles. The molecule has 6 rings (SSSR count). The molecule has 7 amide bonds. The third-order valence-electron chi connectivity index (χ3n) is 15.4. The van der Waals surface area contributed by atoms with Gasteiger partial charge in [0, 0.05) is 58.9 Å². The molecule has 0 bridgehead atoms. The van der Waals surface area contributed by atoms with E-state index in [1.807, 2.05) is 96.4 Å². The van der Waals surface area contributed by atoms with Crippen molar-refractivity contribution < 1.29 is 38.2 Å². The Morgan fingerprint density at radius 3 is 1.01 bits per heavy atom. The molecule has 0 saturated carbocycles. The van der Waals surface area contributed by atoms with E-state index >= 15 is 0 Å². The third-order valence-corrected chi connectivity index (χ3v) is 15.4. The summed E-state index contributed by atoms with van der Waals surface area (Å²) in [5.74, 6) is 0. The van der Waals surface area contributed by atoms with Crippen molar-refractivity contribution >= 4 is 30.3 Å². The van der Waals surface area contributed by atoms with Crippen LogP contribution >= 0.6 is 0 Å². The first-order chi connectivity index (χ1) is 39.3. The molecule has 3 fully saturated rings. The van der Waals surface area contributed by atoms with E-state index in [0.29, 0.717) is 78.4 Å². The Morgan fingerprint density at radius 1 is 0.410 bits per heavy atom. The number of nitrogens with one attached hydrogen (secondary N) is 5. The van der Waals surface area contributed by atoms with Gasteiger partial charge in [-0.15, -0.1) is 0 Å². The van der Waals surface area contributed by atoms with Crippen molar-refractivity contribution in [3.63, 3.8) is 0 Å². The number of amides is 7. The van der Waals surface area contributed by atoms with Gasteiger partial charge in [-0.25, -0.2) is 24.0 Å². The summed E-state index contributed by atoms with van der Waals surface area (Å²) < 4.78 is 15.6. The van der Waals surface area contributed by atoms with Crippen LogP contribution in [-0.4, -0.2) is 160 Å². The number of rotatable bonds is 20. The lowest BCUT2D eigenvalue weighted by Gasteiger charge is -2.41. The highest BCUT2D eigenvalue weighted by Gasteiger charge is 2.37. The summed E-state index contributed by atoms with van der Waals surface area (Å²) in [6, 6.07) is 31.3. The first-order valence-corrected chi connectivity index (χ1v) is 30.2. The minimum Gasteiger partial charge on any atom is -0.444 e. The average molecular weight is 1160 g/mol. The maximum atomic E-state index is 12.4. The lowest BCUT2D eigenvalue weighted by Crippen LogP contribution is -2.51. The number of hydrogen-bond acceptors (Lipinski definition) is 12. The Morgan fingerprint density at radius 2 is 0.687 bits per heavy atom. The van der Waals surface area contributed by atoms with Gasteiger partial charge in [-0.1, -0.05) is 91.0 Å². The average Bonchev–Trinajstić information content (AvgIpc) is 3.65. The Hall–Kier alpha value is -6.15. The van der Waals surface area contributed by atoms with Crippen LogP contribution in [0.2, 0.25) is 0 Å². The zero-order chi connectivity index (χ0) is 61.0. The van der Waals surface area contributed by atoms with E-state index in [4.69, 9.17) is 31.4 Å². The first kappa shape index (κ1) is 69.3. The van der Waals surface area contributed by atoms with Gasteiger partial charge in [0.25, 0.3) is 0 Å². The number of nitrogens with zero attached hydrogens (tertiary/aromatic N) is 3. The van der Waals surface area contributed by atoms with Crippen molar-refractivity contribution in [2.24, 2.45) is 33.4 Å². The molecule has 0 aromatic heterocycles. The van der Waals surface area contributed by atoms with Gasteiger partial charge in [0.05, 0.1) is 0 Å². The van der Waals surface area contributed by atoms with E-state index in [2.05, 4.69) is 98.2 Å². The Bertz CT molecular complexity index is 2350. The van der Waals surface area contributed by atoms with Crippen LogP contribution in [0.1, 0.15) is 130 Å². The van der Waals surface area contributed by atoms with Crippen molar-refractivity contribution in [3.8, 4) is 0 Å². The summed E-state index contributed by atoms with van der Waals surface area (Å²) in [4.78, 5) is 65.8. The molecule has 3 aliphatic heterocycles. The molecule has 3 aromatic rings. The molecule has 83 heavy (non-hydrogen) atoms. The van der Waals surface area contributed by atoms with E-state index in [0.717, 1.165) is 90.4 Å². The molecule has 0 radical (unpaired) electrons. The smallest absolute Gasteiger partial charge is 0.407 e. The van der Waals surface area contributed by atoms with Gasteiger partial charge in [-0.2, -0.15) is 0 Å². The Kier molecular flexibility index (Phi) is 28.4. The molecule has 0 spiro atoms. The minimum absolute atomic E-state index is 0.0485. The number of alkyl carbamates (subject to hydrolysis) is 3. The van der Waals surface area contributed by atoms with E-state index < -0.39 is 29.0 Å². The lowest BCUT2D eigenvalue weighted by molar-refractivity contribution is 0.0513. The summed E-state index contributed by atoms with van der Waals surface area (Å²) >= 11 is 0. The molecule has 3 saturated heterocycles. The van der Waals surface area contributed by atoms with Gasteiger partial charge in [0.1, 0.15) is 16.8 Å². The summed E-state index contributed by atoms with van der Waals surface area (Å²) in [6.07, 6.45) is 9.19. The summed E-state index contributed by atoms with van der Waals surface area (Å²) in [6.45, 7) is 26.8. The standard InChI is InChI=1S/C22H36N4O3.C21H34N4O3.C21H35N3O2/c1-21(2,3)29-20(28)25-13-7-12-24-19(27)26-14-10-22(17-23,11-15-26)16-18-8-5-4-6-9-18;1-20(2,3)28-19(27)24-12-11-23-18(26)25-13-9-21(16-22,10-14-25)15-17-7-5-4-6-8-17;1-20(2,3)26-19(25)23-12-7-13-24-14-10-21(17-22,11-15-24)16-18-8-5-4-6-9-18/h4-6,8-9H,7,10-17,23H2,1-3H3,(H,24,27)(H,25,28);4-8H,9-16,22H2,1-3H3,(H,23,26)(H,24,27);4-6,8-9H,7,10-17,22H2,1-3H3,(H,23,25). The molecule has 3 aliphatic rings. The molecule has 464 valence electrons. The molecule has 19 nitrogen and oxygen atoms in total. The SMILES string of the molecule is CC(C)(C)OC(=O)NCCCN1CCC(CN)(Cc2ccccc2)CC1.CC(C)(C)OC(=O)NCCCNC(=O)N1CCC(CN)(Cc2ccccc2)CC1.CC(C)(C)OC(=O)NCCNC(=O)N1CCC(CN)(Cc2ccccc2)CC1. The Labute approximate surface area is 497 Å². The predicted octanol–water partition coefficient (Wildman–Crippen LogP) is 8.58. The second kappa shape index (κ2) is 34.0. The zero-order valence-corrected chi connectivity index (χ0v) is 51.9. The number of likely N-dealkylation sites (tertiary alicyclic amines) is 3. The molecular formula is C64H105N11O8. The second-order valence-corrected chi connectivity index (χ2v) is 25.9. The Balaban J connectivity index is 0.000000268. The maximum absolute atomic E-state index is 12.4. The van der Waals surface area contributed by atoms with Crippen LogP contribution in [0.15, 0.2) is 91.0 Å². The molecule has 19 heteroatoms. The number of urea groups is 2. The van der Waals surface area contributed by atoms with Gasteiger partial charge in [0.2, 0.25) is 0 Å². The molecule has 3 aromatic carbocycles. The first-order valence-electron chi connectivity index (χ1n) is 30.2. The van der Waals surface area contributed by atoms with E-state index in [-0.39, 0.29) is 34.4 Å². The van der Waals surface area contributed by atoms with Gasteiger partial charge in [-0.05, 0) is 205 Å². The summed E-state index contributed by atoms with van der Waals surface area (Å²) in [5.41, 5.74) is 21.2. The second-order valence-electron chi connectivity index (χ2n) is 25.9. The quantitative estimate of drug-likeness (QED) is 0.0391. The number of benzene rings is 3. The molecule has 11 N–H and O–H groups in total. The van der Waals surface area contributed by atoms with Gasteiger partial charge < -0.3 is 72.7 Å². The van der Waals surface area contributed by atoms with Crippen molar-refractivity contribution in [2.75, 3.05) is 98.2 Å². The molecule has 0 atom stereocenters. The number of carbonyl (C=O) groups excluding carboxylic acids is 5. The van der Waals surface area contributed by atoms with Crippen LogP contribution in [0.5, 0.6) is 0 Å². The van der Waals surface area contributed by atoms with Crippen LogP contribution in [0.3, 0.4) is 0 Å². The minimum atomic E-state index is -0.531. The monoisotopic (exact) mass is 1160 g/mol. The van der Waals surface area contributed by atoms with Crippen LogP contribution in [-0.2, 0) is 33.5 Å². The van der Waals surface area contributed by atoms with Gasteiger partial charge in [0.15, 0.2) is 0 Å². The summed E-state index contributed by atoms with van der Waals surface area (Å²) in [7, 11) is 0. The fraction of sp³-hybridized carbons (Fsp3) is 0.641. The summed E-state index contributed by atoms with van der Waals surface area (Å²) in [5, 5.41) is 13.9. The lowest BCUT2D eigenvalue weighted by atomic mass is 9.74. The number of ether oxygens (including phenoxy) is 3. The fourth-order valence-corrected chi connectivity index (χ4v) is 10.5. The predicted molar refractivity (Wildman–Crippen MR) is 331 cm³/mol. The van der Waals surface area contributed by atoms with Crippen molar-refractivity contribution in [1.82, 2.24) is 41.3 Å². The normalized spacial score (nSPS) is 16.7. The molecular weight excluding hydrogens is 1050 g/mol. The third kappa shape index (κ3) is 27.4. The van der Waals surface area contributed by atoms with E-state index in [1.165, 1.54) is 16.7 Å². The largest absolute Gasteiger partial charge is 0.444 e. The highest BCUT2D eigenvalue weighted by molar-refractivity contribution is 5.75. The van der Waals surface area contributed by atoms with E-state index in [1.54, 1.807) is 0 Å². The number of nitrogens with two attached hydrogens (primary N) is 3. The topological polar surface area (TPSA) is 261 Å². The van der Waals surface area contributed by atoms with Gasteiger partial charge >= 0.3 is 30.3 Å². The number of hydrogen-bond donors (Lipinski definition) is 8. The molecule has 0 unspecified atom stereocenters. The highest BCUT2D eigenvalue weighted by Crippen LogP contribution is 2.36. The van der Waals surface area contributed by atoms with Crippen molar-refractivity contribution in [3.05, 3.63) is 108 Å². The maximum Gasteiger partial charge on any atom is 0.407 e. The van der Waals surface area contributed by atoms with Crippen LogP contribution in [0.25, 0.3) is 0 Å². The number of piperidine rings is 3. The van der Waals surface area contributed by atoms with Gasteiger partial charge in [-0.3, -0.25) is 0 Å². The van der Waals surface area contributed by atoms with Crippen molar-refractivity contribution in [1.29, 1.82) is 0 Å². The van der Waals surface area contributed by atoms with Crippen LogP contribution in [0, 0.1) is 16.2 Å². The highest BCUT2D eigenvalue weighted by atomic mass is 16.6. The zero-order valence-electron chi connectivity index (χ0n) is 51.9. The number of carbonyl (C=O) groups is 5. The fourth-order valence-electron chi connectivity index (χ4n) is 10.5. The van der Waals surface area contributed by atoms with Crippen LogP contribution < -0.4 is 43.8 Å². The van der Waals surface area contributed by atoms with Crippen molar-refractivity contribution in [2.45, 2.75) is 150 Å². The van der Waals surface area contributed by atoms with E-state index in [9.17, 15) is 24.0 Å².